The van der Waals surface area contributed by atoms with Crippen molar-refractivity contribution in [1.29, 1.82) is 0 Å². The predicted octanol–water partition coefficient (Wildman–Crippen LogP) is -1.99. The molecular weight excluding hydrogens is 246 g/mol. The van der Waals surface area contributed by atoms with Crippen LogP contribution >= 0.6 is 0 Å². The summed E-state index contributed by atoms with van der Waals surface area (Å²) in [5.74, 6) is -2.84. The molecule has 8 heteroatoms. The van der Waals surface area contributed by atoms with Crippen LogP contribution in [-0.4, -0.2) is 44.8 Å². The van der Waals surface area contributed by atoms with Crippen LogP contribution in [0.4, 0.5) is 0 Å². The van der Waals surface area contributed by atoms with E-state index in [1.165, 1.54) is 24.4 Å². The molecule has 1 fully saturated rings. The number of cyclic esters (lactones) is 2. The zero-order chi connectivity index (χ0) is 13.3. The number of nitrogens with zero attached hydrogens (tertiary/aromatic N) is 1. The zero-order valence-corrected chi connectivity index (χ0v) is 8.89. The fourth-order valence-corrected chi connectivity index (χ4v) is 1.48. The molecule has 3 unspecified atom stereocenters. The van der Waals surface area contributed by atoms with Crippen molar-refractivity contribution in [2.75, 3.05) is 0 Å². The largest absolute Gasteiger partial charge is 0.398 e. The van der Waals surface area contributed by atoms with E-state index in [0.29, 0.717) is 0 Å². The van der Waals surface area contributed by atoms with Crippen LogP contribution in [0.1, 0.15) is 5.69 Å². The molecule has 1 saturated heterocycles. The molecule has 0 radical (unpaired) electrons. The Morgan fingerprint density at radius 2 is 1.94 bits per heavy atom. The lowest BCUT2D eigenvalue weighted by Gasteiger charge is -2.24. The molecule has 1 aliphatic rings. The van der Waals surface area contributed by atoms with E-state index in [9.17, 15) is 19.8 Å². The summed E-state index contributed by atoms with van der Waals surface area (Å²) in [5, 5.41) is 28.8. The number of esters is 2. The second kappa shape index (κ2) is 4.33. The minimum atomic E-state index is -2.73. The van der Waals surface area contributed by atoms with Gasteiger partial charge in [-0.15, -0.1) is 0 Å². The smallest absolute Gasteiger partial charge is 0.362 e. The SMILES string of the molecule is O=C1OC(O)OC(=O)C(O)(c2ccccn2)C1O. The number of aliphatic hydroxyl groups is 3. The van der Waals surface area contributed by atoms with Crippen molar-refractivity contribution in [2.45, 2.75) is 18.2 Å². The van der Waals surface area contributed by atoms with Crippen molar-refractivity contribution in [1.82, 2.24) is 4.98 Å². The van der Waals surface area contributed by atoms with E-state index >= 15 is 0 Å². The van der Waals surface area contributed by atoms with Crippen molar-refractivity contribution < 1.29 is 34.4 Å². The average Bonchev–Trinajstić information content (AvgIpc) is 2.43. The summed E-state index contributed by atoms with van der Waals surface area (Å²) in [5.41, 5.74) is -3.02. The summed E-state index contributed by atoms with van der Waals surface area (Å²) in [6.07, 6.45) is -1.00. The van der Waals surface area contributed by atoms with Gasteiger partial charge in [-0.1, -0.05) is 6.07 Å². The number of hydrogen-bond acceptors (Lipinski definition) is 8. The van der Waals surface area contributed by atoms with E-state index < -0.39 is 30.1 Å². The summed E-state index contributed by atoms with van der Waals surface area (Å²) < 4.78 is 8.39. The van der Waals surface area contributed by atoms with Crippen LogP contribution in [-0.2, 0) is 24.7 Å². The molecule has 0 saturated carbocycles. The average molecular weight is 255 g/mol. The van der Waals surface area contributed by atoms with Gasteiger partial charge in [-0.05, 0) is 12.1 Å². The molecule has 0 spiro atoms. The minimum absolute atomic E-state index is 0.298. The first-order chi connectivity index (χ1) is 8.46. The first-order valence-electron chi connectivity index (χ1n) is 4.88. The molecule has 0 amide bonds. The molecule has 0 aromatic carbocycles. The predicted molar refractivity (Wildman–Crippen MR) is 52.3 cm³/mol. The fourth-order valence-electron chi connectivity index (χ4n) is 1.48. The molecule has 8 nitrogen and oxygen atoms in total. The summed E-state index contributed by atoms with van der Waals surface area (Å²) >= 11 is 0. The number of carbonyl (C=O) groups excluding carboxylic acids is 2. The molecule has 0 bridgehead atoms. The molecule has 18 heavy (non-hydrogen) atoms. The van der Waals surface area contributed by atoms with Crippen LogP contribution in [0.25, 0.3) is 0 Å². The molecular formula is C10H9NO7. The van der Waals surface area contributed by atoms with E-state index in [1.54, 1.807) is 0 Å². The van der Waals surface area contributed by atoms with E-state index in [4.69, 9.17) is 5.11 Å². The Balaban J connectivity index is 2.51. The number of aromatic nitrogens is 1. The molecule has 1 aromatic heterocycles. The topological polar surface area (TPSA) is 126 Å². The molecule has 2 heterocycles. The molecule has 3 atom stereocenters. The number of carbonyl (C=O) groups is 2. The van der Waals surface area contributed by atoms with E-state index in [1.807, 2.05) is 0 Å². The van der Waals surface area contributed by atoms with Crippen molar-refractivity contribution in [2.24, 2.45) is 0 Å². The van der Waals surface area contributed by atoms with Crippen LogP contribution in [0.15, 0.2) is 24.4 Å². The number of hydrogen-bond donors (Lipinski definition) is 3. The molecule has 1 aromatic rings. The van der Waals surface area contributed by atoms with Gasteiger partial charge >= 0.3 is 18.4 Å². The van der Waals surface area contributed by atoms with Gasteiger partial charge in [-0.2, -0.15) is 0 Å². The lowest BCUT2D eigenvalue weighted by Crippen LogP contribution is -2.50. The Hall–Kier alpha value is -2.03. The van der Waals surface area contributed by atoms with Crippen LogP contribution in [0, 0.1) is 0 Å². The highest BCUT2D eigenvalue weighted by atomic mass is 16.8. The first-order valence-corrected chi connectivity index (χ1v) is 4.88. The van der Waals surface area contributed by atoms with Crippen LogP contribution in [0.3, 0.4) is 0 Å². The van der Waals surface area contributed by atoms with E-state index in [0.717, 1.165) is 0 Å². The van der Waals surface area contributed by atoms with Crippen molar-refractivity contribution in [3.8, 4) is 0 Å². The van der Waals surface area contributed by atoms with Gasteiger partial charge in [0.1, 0.15) is 0 Å². The fraction of sp³-hybridized carbons (Fsp3) is 0.300. The summed E-state index contributed by atoms with van der Waals surface area (Å²) in [4.78, 5) is 26.6. The highest BCUT2D eigenvalue weighted by Gasteiger charge is 2.55. The van der Waals surface area contributed by atoms with Gasteiger partial charge in [0.05, 0.1) is 5.69 Å². The third kappa shape index (κ3) is 1.82. The van der Waals surface area contributed by atoms with Crippen molar-refractivity contribution >= 4 is 11.9 Å². The van der Waals surface area contributed by atoms with Gasteiger partial charge in [0.15, 0.2) is 6.10 Å². The highest BCUT2D eigenvalue weighted by molar-refractivity contribution is 5.90. The maximum absolute atomic E-state index is 11.6. The second-order valence-electron chi connectivity index (χ2n) is 3.53. The van der Waals surface area contributed by atoms with Crippen LogP contribution < -0.4 is 0 Å². The monoisotopic (exact) mass is 255 g/mol. The number of ether oxygens (including phenoxy) is 2. The van der Waals surface area contributed by atoms with E-state index in [2.05, 4.69) is 14.5 Å². The van der Waals surface area contributed by atoms with Gasteiger partial charge in [-0.25, -0.2) is 9.59 Å². The minimum Gasteiger partial charge on any atom is -0.398 e. The van der Waals surface area contributed by atoms with Gasteiger partial charge in [0.25, 0.3) is 0 Å². The van der Waals surface area contributed by atoms with Crippen LogP contribution in [0.2, 0.25) is 0 Å². The Morgan fingerprint density at radius 1 is 1.22 bits per heavy atom. The number of aliphatic hydroxyl groups excluding tert-OH is 2. The van der Waals surface area contributed by atoms with Gasteiger partial charge in [-0.3, -0.25) is 4.98 Å². The summed E-state index contributed by atoms with van der Waals surface area (Å²) in [6.45, 7) is -2.18. The first kappa shape index (κ1) is 12.4. The Bertz CT molecular complexity index is 476. The number of pyridine rings is 1. The summed E-state index contributed by atoms with van der Waals surface area (Å²) in [6, 6.07) is 4.16. The molecule has 1 aliphatic heterocycles. The maximum Gasteiger partial charge on any atom is 0.362 e. The molecule has 0 aliphatic carbocycles. The number of rotatable bonds is 1. The zero-order valence-electron chi connectivity index (χ0n) is 8.89. The Morgan fingerprint density at radius 3 is 2.56 bits per heavy atom. The normalized spacial score (nSPS) is 32.4. The Labute approximate surface area is 100 Å². The molecule has 3 N–H and O–H groups in total. The highest BCUT2D eigenvalue weighted by Crippen LogP contribution is 2.29. The maximum atomic E-state index is 11.6. The van der Waals surface area contributed by atoms with Gasteiger partial charge in [0, 0.05) is 6.20 Å². The third-order valence-corrected chi connectivity index (χ3v) is 2.41. The lowest BCUT2D eigenvalue weighted by molar-refractivity contribution is -0.244. The van der Waals surface area contributed by atoms with Gasteiger partial charge in [0.2, 0.25) is 5.60 Å². The quantitative estimate of drug-likeness (QED) is 0.492. The lowest BCUT2D eigenvalue weighted by atomic mass is 9.92. The van der Waals surface area contributed by atoms with Crippen LogP contribution in [0.5, 0.6) is 0 Å². The van der Waals surface area contributed by atoms with Gasteiger partial charge < -0.3 is 24.8 Å². The summed E-state index contributed by atoms with van der Waals surface area (Å²) in [7, 11) is 0. The standard InChI is InChI=1S/C10H9NO7/c12-6-7(13)17-9(15)18-8(14)10(6,16)5-3-1-2-4-11-5/h1-4,6,9,12,15-16H. The molecule has 2 rings (SSSR count). The molecule has 96 valence electrons. The van der Waals surface area contributed by atoms with E-state index in [-0.39, 0.29) is 5.69 Å². The third-order valence-electron chi connectivity index (χ3n) is 2.41. The van der Waals surface area contributed by atoms with Crippen molar-refractivity contribution in [3.05, 3.63) is 30.1 Å². The Kier molecular flexibility index (Phi) is 2.99. The van der Waals surface area contributed by atoms with Crippen molar-refractivity contribution in [3.63, 3.8) is 0 Å². The second-order valence-corrected chi connectivity index (χ2v) is 3.53.